The first kappa shape index (κ1) is 12.7. The van der Waals surface area contributed by atoms with Crippen molar-refractivity contribution in [1.82, 2.24) is 10.3 Å². The number of hydrogen-bond acceptors (Lipinski definition) is 4. The lowest BCUT2D eigenvalue weighted by Gasteiger charge is -2.43. The van der Waals surface area contributed by atoms with Crippen molar-refractivity contribution in [2.24, 2.45) is 5.92 Å². The van der Waals surface area contributed by atoms with Gasteiger partial charge in [0, 0.05) is 25.2 Å². The van der Waals surface area contributed by atoms with E-state index in [0.29, 0.717) is 6.04 Å². The minimum Gasteiger partial charge on any atom is -0.432 e. The van der Waals surface area contributed by atoms with E-state index in [-0.39, 0.29) is 0 Å². The fourth-order valence-corrected chi connectivity index (χ4v) is 3.91. The Morgan fingerprint density at radius 1 is 1.15 bits per heavy atom. The number of oxazole rings is 1. The first-order chi connectivity index (χ1) is 9.90. The molecule has 2 unspecified atom stereocenters. The van der Waals surface area contributed by atoms with Gasteiger partial charge in [0.25, 0.3) is 6.01 Å². The van der Waals surface area contributed by atoms with Crippen molar-refractivity contribution < 1.29 is 4.42 Å². The standard InChI is InChI=1S/C16H25N3O/c1-2-6-15-12(4-1)5-3-9-19(15)16-18-14(11-20-16)10-17-13-7-8-13/h11-13,15,17H,1-10H2. The molecule has 1 saturated heterocycles. The van der Waals surface area contributed by atoms with Crippen LogP contribution in [-0.2, 0) is 6.54 Å². The smallest absolute Gasteiger partial charge is 0.297 e. The van der Waals surface area contributed by atoms with Crippen LogP contribution in [0.2, 0.25) is 0 Å². The van der Waals surface area contributed by atoms with Gasteiger partial charge in [-0.3, -0.25) is 0 Å². The quantitative estimate of drug-likeness (QED) is 0.917. The van der Waals surface area contributed by atoms with Gasteiger partial charge in [0.1, 0.15) is 6.26 Å². The van der Waals surface area contributed by atoms with E-state index in [9.17, 15) is 0 Å². The van der Waals surface area contributed by atoms with Gasteiger partial charge in [-0.25, -0.2) is 0 Å². The van der Waals surface area contributed by atoms with Crippen molar-refractivity contribution in [3.05, 3.63) is 12.0 Å². The predicted molar refractivity (Wildman–Crippen MR) is 78.7 cm³/mol. The molecule has 20 heavy (non-hydrogen) atoms. The fourth-order valence-electron chi connectivity index (χ4n) is 3.91. The van der Waals surface area contributed by atoms with Crippen LogP contribution in [0.3, 0.4) is 0 Å². The molecule has 1 aromatic rings. The van der Waals surface area contributed by atoms with Gasteiger partial charge in [-0.1, -0.05) is 12.8 Å². The number of nitrogens with zero attached hydrogens (tertiary/aromatic N) is 2. The SMILES string of the molecule is c1oc(N2CCCC3CCCCC32)nc1CNC1CC1. The molecule has 0 bridgehead atoms. The zero-order chi connectivity index (χ0) is 13.4. The molecule has 2 saturated carbocycles. The highest BCUT2D eigenvalue weighted by molar-refractivity contribution is 5.31. The second-order valence-corrected chi connectivity index (χ2v) is 6.72. The number of anilines is 1. The Balaban J connectivity index is 1.44. The molecule has 4 heteroatoms. The van der Waals surface area contributed by atoms with Crippen molar-refractivity contribution in [2.45, 2.75) is 70.0 Å². The largest absolute Gasteiger partial charge is 0.432 e. The van der Waals surface area contributed by atoms with Gasteiger partial charge in [0.05, 0.1) is 5.69 Å². The number of hydrogen-bond donors (Lipinski definition) is 1. The number of aromatic nitrogens is 1. The van der Waals surface area contributed by atoms with E-state index in [0.717, 1.165) is 36.8 Å². The topological polar surface area (TPSA) is 41.3 Å². The van der Waals surface area contributed by atoms with Gasteiger partial charge >= 0.3 is 0 Å². The molecule has 0 aromatic carbocycles. The molecule has 3 aliphatic rings. The zero-order valence-corrected chi connectivity index (χ0v) is 12.2. The molecule has 0 radical (unpaired) electrons. The van der Waals surface area contributed by atoms with Gasteiger partial charge in [-0.2, -0.15) is 4.98 Å². The third kappa shape index (κ3) is 2.58. The fraction of sp³-hybridized carbons (Fsp3) is 0.812. The van der Waals surface area contributed by atoms with Crippen molar-refractivity contribution >= 4 is 6.01 Å². The lowest BCUT2D eigenvalue weighted by molar-refractivity contribution is 0.235. The number of nitrogens with one attached hydrogen (secondary N) is 1. The summed E-state index contributed by atoms with van der Waals surface area (Å²) in [4.78, 5) is 7.17. The van der Waals surface area contributed by atoms with Crippen LogP contribution in [-0.4, -0.2) is 23.6 Å². The van der Waals surface area contributed by atoms with Crippen LogP contribution in [0, 0.1) is 5.92 Å². The van der Waals surface area contributed by atoms with Crippen LogP contribution in [0.25, 0.3) is 0 Å². The van der Waals surface area contributed by atoms with Gasteiger partial charge in [0.2, 0.25) is 0 Å². The maximum Gasteiger partial charge on any atom is 0.297 e. The Hall–Kier alpha value is -1.03. The van der Waals surface area contributed by atoms with Crippen molar-refractivity contribution in [3.63, 3.8) is 0 Å². The van der Waals surface area contributed by atoms with E-state index in [1.807, 2.05) is 6.26 Å². The highest BCUT2D eigenvalue weighted by atomic mass is 16.4. The molecule has 3 fully saturated rings. The van der Waals surface area contributed by atoms with Gasteiger partial charge in [-0.15, -0.1) is 0 Å². The summed E-state index contributed by atoms with van der Waals surface area (Å²) in [7, 11) is 0. The van der Waals surface area contributed by atoms with Crippen LogP contribution < -0.4 is 10.2 Å². The van der Waals surface area contributed by atoms with E-state index in [2.05, 4.69) is 10.2 Å². The molecule has 2 atom stereocenters. The molecule has 0 amide bonds. The highest BCUT2D eigenvalue weighted by Gasteiger charge is 2.35. The third-order valence-electron chi connectivity index (χ3n) is 5.18. The van der Waals surface area contributed by atoms with E-state index < -0.39 is 0 Å². The Bertz CT molecular complexity index is 452. The molecule has 2 heterocycles. The van der Waals surface area contributed by atoms with Gasteiger partial charge in [-0.05, 0) is 44.4 Å². The zero-order valence-electron chi connectivity index (χ0n) is 12.2. The van der Waals surface area contributed by atoms with E-state index in [1.165, 1.54) is 51.4 Å². The van der Waals surface area contributed by atoms with Crippen LogP contribution in [0.5, 0.6) is 0 Å². The molecule has 2 aliphatic carbocycles. The number of rotatable bonds is 4. The minimum absolute atomic E-state index is 0.681. The summed E-state index contributed by atoms with van der Waals surface area (Å²) in [5, 5.41) is 3.50. The van der Waals surface area contributed by atoms with Crippen LogP contribution in [0.4, 0.5) is 6.01 Å². The highest BCUT2D eigenvalue weighted by Crippen LogP contribution is 2.37. The summed E-state index contributed by atoms with van der Waals surface area (Å²) in [6.45, 7) is 1.98. The second kappa shape index (κ2) is 5.40. The Kier molecular flexibility index (Phi) is 3.42. The molecular weight excluding hydrogens is 250 g/mol. The summed E-state index contributed by atoms with van der Waals surface area (Å²) in [6, 6.07) is 2.28. The lowest BCUT2D eigenvalue weighted by atomic mass is 9.78. The normalized spacial score (nSPS) is 30.3. The maximum absolute atomic E-state index is 5.78. The van der Waals surface area contributed by atoms with E-state index >= 15 is 0 Å². The minimum atomic E-state index is 0.681. The second-order valence-electron chi connectivity index (χ2n) is 6.72. The molecule has 0 spiro atoms. The molecule has 4 rings (SSSR count). The molecule has 110 valence electrons. The summed E-state index contributed by atoms with van der Waals surface area (Å²) in [5.41, 5.74) is 1.06. The Morgan fingerprint density at radius 3 is 2.90 bits per heavy atom. The molecule has 1 aromatic heterocycles. The van der Waals surface area contributed by atoms with Gasteiger partial charge < -0.3 is 14.6 Å². The average molecular weight is 275 g/mol. The van der Waals surface area contributed by atoms with Gasteiger partial charge in [0.15, 0.2) is 0 Å². The van der Waals surface area contributed by atoms with Crippen LogP contribution in [0.15, 0.2) is 10.7 Å². The summed E-state index contributed by atoms with van der Waals surface area (Å²) in [6.07, 6.45) is 12.7. The van der Waals surface area contributed by atoms with Crippen LogP contribution in [0.1, 0.15) is 57.1 Å². The van der Waals surface area contributed by atoms with E-state index in [1.54, 1.807) is 0 Å². The first-order valence-corrected chi connectivity index (χ1v) is 8.34. The monoisotopic (exact) mass is 275 g/mol. The summed E-state index contributed by atoms with van der Waals surface area (Å²) >= 11 is 0. The Labute approximate surface area is 120 Å². The van der Waals surface area contributed by atoms with Crippen molar-refractivity contribution in [1.29, 1.82) is 0 Å². The van der Waals surface area contributed by atoms with Crippen LogP contribution >= 0.6 is 0 Å². The predicted octanol–water partition coefficient (Wildman–Crippen LogP) is 3.09. The lowest BCUT2D eigenvalue weighted by Crippen LogP contribution is -2.47. The van der Waals surface area contributed by atoms with Crippen molar-refractivity contribution in [3.8, 4) is 0 Å². The van der Waals surface area contributed by atoms with Crippen molar-refractivity contribution in [2.75, 3.05) is 11.4 Å². The third-order valence-corrected chi connectivity index (χ3v) is 5.18. The summed E-state index contributed by atoms with van der Waals surface area (Å²) < 4.78 is 5.78. The molecule has 1 aliphatic heterocycles. The maximum atomic E-state index is 5.78. The average Bonchev–Trinajstić information content (AvgIpc) is 3.21. The number of fused-ring (bicyclic) bond motifs is 1. The van der Waals surface area contributed by atoms with E-state index in [4.69, 9.17) is 9.40 Å². The summed E-state index contributed by atoms with van der Waals surface area (Å²) in [5.74, 6) is 0.873. The molecule has 1 N–H and O–H groups in total. The molecule has 4 nitrogen and oxygen atoms in total. The molecular formula is C16H25N3O. The Morgan fingerprint density at radius 2 is 2.00 bits per heavy atom. The first-order valence-electron chi connectivity index (χ1n) is 8.34. The number of piperidine rings is 1.